The van der Waals surface area contributed by atoms with Gasteiger partial charge in [-0.05, 0) is 64.3 Å². The number of rotatable bonds is 9. The Morgan fingerprint density at radius 3 is 2.11 bits per heavy atom. The molecule has 0 radical (unpaired) electrons. The number of amides is 3. The van der Waals surface area contributed by atoms with Crippen molar-refractivity contribution in [2.45, 2.75) is 71.3 Å². The van der Waals surface area contributed by atoms with Crippen LogP contribution >= 0.6 is 0 Å². The summed E-state index contributed by atoms with van der Waals surface area (Å²) < 4.78 is 34.4. The molecule has 1 aromatic heterocycles. The summed E-state index contributed by atoms with van der Waals surface area (Å²) >= 11 is 0. The molecule has 1 unspecified atom stereocenters. The highest BCUT2D eigenvalue weighted by molar-refractivity contribution is 7.89. The fourth-order valence-electron chi connectivity index (χ4n) is 5.15. The Morgan fingerprint density at radius 1 is 0.936 bits per heavy atom. The van der Waals surface area contributed by atoms with Gasteiger partial charge in [0.2, 0.25) is 21.8 Å². The van der Waals surface area contributed by atoms with E-state index < -0.39 is 44.8 Å². The number of nitrogens with one attached hydrogen (secondary N) is 1. The van der Waals surface area contributed by atoms with Gasteiger partial charge in [-0.3, -0.25) is 19.2 Å². The van der Waals surface area contributed by atoms with Crippen molar-refractivity contribution in [2.24, 2.45) is 7.05 Å². The zero-order valence-electron chi connectivity index (χ0n) is 27.8. The minimum atomic E-state index is -4.30. The number of hydrogen-bond donors (Lipinski definition) is 1. The molecule has 1 saturated heterocycles. The maximum Gasteiger partial charge on any atom is 0.423 e. The van der Waals surface area contributed by atoms with Gasteiger partial charge >= 0.3 is 6.09 Å². The van der Waals surface area contributed by atoms with Crippen LogP contribution in [0.2, 0.25) is 0 Å². The number of sulfonamides is 1. The lowest BCUT2D eigenvalue weighted by Crippen LogP contribution is -2.43. The van der Waals surface area contributed by atoms with Gasteiger partial charge in [0.25, 0.3) is 5.56 Å². The highest BCUT2D eigenvalue weighted by Gasteiger charge is 2.35. The SMILES string of the molecule is Cc1ccc(C(=O)c2ccc(C(C)S(=O)(=O)N(C)C(=O)OC(C)(C)C)cc2-c2cn(C)c(=O)cc2[C@H](C)NN2C(=O)CCC2=O)cc1. The molecule has 0 saturated carbocycles. The van der Waals surface area contributed by atoms with Crippen molar-refractivity contribution in [1.29, 1.82) is 0 Å². The molecule has 1 aliphatic rings. The number of aromatic nitrogens is 1. The minimum Gasteiger partial charge on any atom is -0.443 e. The first-order valence-corrected chi connectivity index (χ1v) is 16.6. The molecule has 1 N–H and O–H groups in total. The van der Waals surface area contributed by atoms with Crippen LogP contribution in [0, 0.1) is 6.92 Å². The van der Waals surface area contributed by atoms with E-state index in [4.69, 9.17) is 4.74 Å². The zero-order chi connectivity index (χ0) is 35.0. The summed E-state index contributed by atoms with van der Waals surface area (Å²) in [7, 11) is -1.64. The third-order valence-electron chi connectivity index (χ3n) is 7.94. The van der Waals surface area contributed by atoms with E-state index in [1.165, 1.54) is 42.9 Å². The van der Waals surface area contributed by atoms with Crippen molar-refractivity contribution >= 4 is 33.7 Å². The number of imide groups is 1. The van der Waals surface area contributed by atoms with Crippen LogP contribution in [0.3, 0.4) is 0 Å². The number of pyridine rings is 1. The summed E-state index contributed by atoms with van der Waals surface area (Å²) in [6.07, 6.45) is 0.606. The molecule has 250 valence electrons. The number of benzene rings is 2. The highest BCUT2D eigenvalue weighted by atomic mass is 32.2. The number of carbonyl (C=O) groups is 4. The first-order valence-electron chi connectivity index (χ1n) is 15.1. The van der Waals surface area contributed by atoms with Crippen LogP contribution < -0.4 is 11.0 Å². The Morgan fingerprint density at radius 2 is 1.53 bits per heavy atom. The Labute approximate surface area is 274 Å². The van der Waals surface area contributed by atoms with E-state index >= 15 is 0 Å². The Bertz CT molecular complexity index is 1890. The topological polar surface area (TPSA) is 152 Å². The fraction of sp³-hybridized carbons (Fsp3) is 0.382. The van der Waals surface area contributed by atoms with Gasteiger partial charge in [-0.1, -0.05) is 42.0 Å². The summed E-state index contributed by atoms with van der Waals surface area (Å²) in [5, 5.41) is -0.323. The lowest BCUT2D eigenvalue weighted by Gasteiger charge is -2.27. The number of ether oxygens (including phenoxy) is 1. The van der Waals surface area contributed by atoms with E-state index in [2.05, 4.69) is 5.43 Å². The molecule has 0 spiro atoms. The van der Waals surface area contributed by atoms with Gasteiger partial charge in [0.1, 0.15) is 10.9 Å². The molecule has 13 heteroatoms. The van der Waals surface area contributed by atoms with E-state index in [9.17, 15) is 32.4 Å². The molecule has 2 aromatic carbocycles. The molecule has 12 nitrogen and oxygen atoms in total. The van der Waals surface area contributed by atoms with E-state index in [1.54, 1.807) is 58.0 Å². The lowest BCUT2D eigenvalue weighted by molar-refractivity contribution is -0.142. The normalized spacial score (nSPS) is 15.0. The first-order chi connectivity index (χ1) is 21.8. The first kappa shape index (κ1) is 35.2. The zero-order valence-corrected chi connectivity index (χ0v) is 28.6. The van der Waals surface area contributed by atoms with Gasteiger partial charge in [0.05, 0.1) is 0 Å². The van der Waals surface area contributed by atoms with E-state index in [0.717, 1.165) is 17.6 Å². The van der Waals surface area contributed by atoms with E-state index in [-0.39, 0.29) is 35.3 Å². The van der Waals surface area contributed by atoms with Crippen LogP contribution in [0.25, 0.3) is 11.1 Å². The predicted molar refractivity (Wildman–Crippen MR) is 176 cm³/mol. The predicted octanol–water partition coefficient (Wildman–Crippen LogP) is 4.56. The van der Waals surface area contributed by atoms with Gasteiger partial charge in [-0.15, -0.1) is 0 Å². The van der Waals surface area contributed by atoms with Crippen molar-refractivity contribution in [3.63, 3.8) is 0 Å². The number of ketones is 1. The average Bonchev–Trinajstić information content (AvgIpc) is 3.32. The van der Waals surface area contributed by atoms with Gasteiger partial charge in [0, 0.05) is 61.9 Å². The van der Waals surface area contributed by atoms with Crippen LogP contribution in [-0.4, -0.2) is 58.6 Å². The number of nitrogens with zero attached hydrogens (tertiary/aromatic N) is 3. The second kappa shape index (κ2) is 13.2. The maximum absolute atomic E-state index is 14.0. The van der Waals surface area contributed by atoms with Crippen LogP contribution in [0.5, 0.6) is 0 Å². The van der Waals surface area contributed by atoms with Crippen molar-refractivity contribution in [1.82, 2.24) is 19.3 Å². The van der Waals surface area contributed by atoms with Crippen molar-refractivity contribution in [3.8, 4) is 11.1 Å². The van der Waals surface area contributed by atoms with E-state index in [1.807, 2.05) is 6.92 Å². The summed E-state index contributed by atoms with van der Waals surface area (Å²) in [5.74, 6) is -1.16. The second-order valence-electron chi connectivity index (χ2n) is 12.7. The number of aryl methyl sites for hydroxylation is 2. The molecule has 2 atom stereocenters. The Balaban J connectivity index is 1.90. The number of carbonyl (C=O) groups excluding carboxylic acids is 4. The molecular formula is C34H40N4O8S. The summed E-state index contributed by atoms with van der Waals surface area (Å²) in [6.45, 7) is 9.87. The maximum atomic E-state index is 14.0. The van der Waals surface area contributed by atoms with Crippen LogP contribution in [0.1, 0.15) is 91.4 Å². The molecule has 3 aromatic rings. The van der Waals surface area contributed by atoms with Crippen molar-refractivity contribution in [3.05, 3.63) is 92.9 Å². The summed E-state index contributed by atoms with van der Waals surface area (Å²) in [4.78, 5) is 64.4. The number of hydrogen-bond acceptors (Lipinski definition) is 9. The smallest absolute Gasteiger partial charge is 0.423 e. The molecular weight excluding hydrogens is 624 g/mol. The molecule has 0 aliphatic carbocycles. The number of hydrazine groups is 1. The third-order valence-corrected chi connectivity index (χ3v) is 10.0. The van der Waals surface area contributed by atoms with Crippen LogP contribution in [-0.2, 0) is 31.4 Å². The Hall–Kier alpha value is -4.62. The van der Waals surface area contributed by atoms with Crippen LogP contribution in [0.15, 0.2) is 59.5 Å². The van der Waals surface area contributed by atoms with E-state index in [0.29, 0.717) is 26.6 Å². The monoisotopic (exact) mass is 664 g/mol. The van der Waals surface area contributed by atoms with Crippen LogP contribution in [0.4, 0.5) is 4.79 Å². The molecule has 1 fully saturated rings. The Kier molecular flexibility index (Phi) is 9.93. The molecule has 4 rings (SSSR count). The average molecular weight is 665 g/mol. The van der Waals surface area contributed by atoms with Gasteiger partial charge in [-0.2, -0.15) is 0 Å². The van der Waals surface area contributed by atoms with Gasteiger partial charge in [-0.25, -0.2) is 28.0 Å². The quantitative estimate of drug-likeness (QED) is 0.256. The standard InChI is InChI=1S/C34H40N4O8S/c1-20-9-11-23(12-10-20)32(42)25-14-13-24(22(3)47(44,45)37(8)33(43)46-34(4,5)6)17-27(25)28-19-36(7)31(41)18-26(28)21(2)35-38-29(39)15-16-30(38)40/h9-14,17-19,21-22,35H,15-16H2,1-8H3/t21-,22?/m0/s1. The molecule has 3 amide bonds. The highest BCUT2D eigenvalue weighted by Crippen LogP contribution is 2.36. The summed E-state index contributed by atoms with van der Waals surface area (Å²) in [5.41, 5.74) is 4.50. The van der Waals surface area contributed by atoms with Crippen molar-refractivity contribution < 1.29 is 32.3 Å². The minimum absolute atomic E-state index is 0.0588. The lowest BCUT2D eigenvalue weighted by atomic mass is 9.89. The third kappa shape index (κ3) is 7.52. The molecule has 47 heavy (non-hydrogen) atoms. The fourth-order valence-corrected chi connectivity index (χ4v) is 6.36. The molecule has 1 aliphatic heterocycles. The van der Waals surface area contributed by atoms with Crippen molar-refractivity contribution in [2.75, 3.05) is 7.05 Å². The largest absolute Gasteiger partial charge is 0.443 e. The van der Waals surface area contributed by atoms with Gasteiger partial charge < -0.3 is 9.30 Å². The van der Waals surface area contributed by atoms with Gasteiger partial charge in [0.15, 0.2) is 5.78 Å². The molecule has 0 bridgehead atoms. The molecule has 2 heterocycles. The second-order valence-corrected chi connectivity index (χ2v) is 15.0. The summed E-state index contributed by atoms with van der Waals surface area (Å²) in [6, 6.07) is 12.2.